The molecule has 3 rings (SSSR count). The maximum atomic E-state index is 14.0. The van der Waals surface area contributed by atoms with E-state index < -0.39 is 28.5 Å². The molecule has 2 amide bonds. The molecule has 0 unspecified atom stereocenters. The summed E-state index contributed by atoms with van der Waals surface area (Å²) < 4.78 is 28.6. The van der Waals surface area contributed by atoms with Crippen molar-refractivity contribution in [3.05, 3.63) is 95.0 Å². The number of sulfonamides is 1. The lowest BCUT2D eigenvalue weighted by Crippen LogP contribution is -2.53. The number of benzene rings is 3. The minimum atomic E-state index is -4.13. The van der Waals surface area contributed by atoms with E-state index in [1.165, 1.54) is 23.1 Å². The average molecular weight is 570 g/mol. The molecule has 2 atom stereocenters. The summed E-state index contributed by atoms with van der Waals surface area (Å²) in [5, 5.41) is 3.31. The lowest BCUT2D eigenvalue weighted by molar-refractivity contribution is -0.140. The Labute approximate surface area is 236 Å². The van der Waals surface area contributed by atoms with Crippen LogP contribution in [0.15, 0.2) is 83.8 Å². The molecule has 0 radical (unpaired) electrons. The van der Waals surface area contributed by atoms with Gasteiger partial charge in [-0.15, -0.1) is 0 Å². The first-order chi connectivity index (χ1) is 18.6. The molecule has 0 aliphatic heterocycles. The van der Waals surface area contributed by atoms with E-state index >= 15 is 0 Å². The number of carbonyl (C=O) groups excluding carboxylic acids is 2. The van der Waals surface area contributed by atoms with Crippen molar-refractivity contribution >= 4 is 39.1 Å². The molecule has 7 nitrogen and oxygen atoms in total. The second-order valence-electron chi connectivity index (χ2n) is 9.55. The average Bonchev–Trinajstić information content (AvgIpc) is 2.92. The Morgan fingerprint density at radius 3 is 2.18 bits per heavy atom. The van der Waals surface area contributed by atoms with Gasteiger partial charge in [-0.05, 0) is 62.6 Å². The molecule has 0 aliphatic rings. The van der Waals surface area contributed by atoms with Crippen LogP contribution in [0.3, 0.4) is 0 Å². The molecule has 0 saturated carbocycles. The summed E-state index contributed by atoms with van der Waals surface area (Å²) in [5.41, 5.74) is 2.16. The molecule has 0 aliphatic carbocycles. The van der Waals surface area contributed by atoms with Crippen LogP contribution in [0.5, 0.6) is 0 Å². The standard InChI is InChI=1S/C30H36ClN3O4S/c1-5-23(4)32-30(36)28(6-2)33(20-24-17-15-22(3)16-18-24)29(35)21-34(26-12-10-11-25(31)19-26)39(37,38)27-13-8-7-9-14-27/h7-19,23,28H,5-6,20-21H2,1-4H3,(H,32,36)/t23-,28-/m1/s1. The number of carbonyl (C=O) groups is 2. The molecule has 39 heavy (non-hydrogen) atoms. The van der Waals surface area contributed by atoms with Crippen molar-refractivity contribution in [1.29, 1.82) is 0 Å². The molecule has 9 heteroatoms. The van der Waals surface area contributed by atoms with Crippen LogP contribution in [0.1, 0.15) is 44.7 Å². The number of nitrogens with one attached hydrogen (secondary N) is 1. The van der Waals surface area contributed by atoms with Crippen molar-refractivity contribution in [2.75, 3.05) is 10.8 Å². The summed E-state index contributed by atoms with van der Waals surface area (Å²) in [6, 6.07) is 21.2. The molecule has 0 heterocycles. The van der Waals surface area contributed by atoms with E-state index in [2.05, 4.69) is 5.32 Å². The van der Waals surface area contributed by atoms with Gasteiger partial charge in [-0.3, -0.25) is 13.9 Å². The Bertz CT molecular complexity index is 1360. The van der Waals surface area contributed by atoms with Crippen LogP contribution in [0, 0.1) is 6.92 Å². The van der Waals surface area contributed by atoms with Gasteiger partial charge in [-0.2, -0.15) is 0 Å². The fraction of sp³-hybridized carbons (Fsp3) is 0.333. The maximum absolute atomic E-state index is 14.0. The number of amides is 2. The van der Waals surface area contributed by atoms with E-state index in [9.17, 15) is 18.0 Å². The Hall–Kier alpha value is -3.36. The summed E-state index contributed by atoms with van der Waals surface area (Å²) in [7, 11) is -4.13. The number of rotatable bonds is 12. The Kier molecular flexibility index (Phi) is 10.5. The van der Waals surface area contributed by atoms with Crippen molar-refractivity contribution in [3.8, 4) is 0 Å². The van der Waals surface area contributed by atoms with Crippen LogP contribution in [-0.4, -0.2) is 43.8 Å². The van der Waals surface area contributed by atoms with Crippen molar-refractivity contribution in [2.24, 2.45) is 0 Å². The molecular formula is C30H36ClN3O4S. The highest BCUT2D eigenvalue weighted by Crippen LogP contribution is 2.27. The number of aryl methyl sites for hydroxylation is 1. The largest absolute Gasteiger partial charge is 0.352 e. The highest BCUT2D eigenvalue weighted by atomic mass is 35.5. The monoisotopic (exact) mass is 569 g/mol. The Morgan fingerprint density at radius 1 is 0.923 bits per heavy atom. The van der Waals surface area contributed by atoms with Crippen LogP contribution in [-0.2, 0) is 26.2 Å². The molecule has 208 valence electrons. The van der Waals surface area contributed by atoms with Crippen LogP contribution in [0.25, 0.3) is 0 Å². The van der Waals surface area contributed by atoms with Crippen LogP contribution in [0.2, 0.25) is 5.02 Å². The Balaban J connectivity index is 2.04. The van der Waals surface area contributed by atoms with Crippen LogP contribution >= 0.6 is 11.6 Å². The lowest BCUT2D eigenvalue weighted by Gasteiger charge is -2.33. The maximum Gasteiger partial charge on any atom is 0.264 e. The zero-order valence-corrected chi connectivity index (χ0v) is 24.4. The van der Waals surface area contributed by atoms with Crippen molar-refractivity contribution in [3.63, 3.8) is 0 Å². The van der Waals surface area contributed by atoms with Gasteiger partial charge in [0.05, 0.1) is 10.6 Å². The number of hydrogen-bond acceptors (Lipinski definition) is 4. The summed E-state index contributed by atoms with van der Waals surface area (Å²) in [5.74, 6) is -0.770. The van der Waals surface area contributed by atoms with Gasteiger partial charge in [0.1, 0.15) is 12.6 Å². The fourth-order valence-electron chi connectivity index (χ4n) is 4.13. The molecule has 3 aromatic rings. The summed E-state index contributed by atoms with van der Waals surface area (Å²) >= 11 is 6.21. The Morgan fingerprint density at radius 2 is 1.59 bits per heavy atom. The quantitative estimate of drug-likeness (QED) is 0.309. The minimum Gasteiger partial charge on any atom is -0.352 e. The molecule has 1 N–H and O–H groups in total. The van der Waals surface area contributed by atoms with Crippen LogP contribution < -0.4 is 9.62 Å². The lowest BCUT2D eigenvalue weighted by atomic mass is 10.1. The van der Waals surface area contributed by atoms with Gasteiger partial charge in [0.2, 0.25) is 11.8 Å². The van der Waals surface area contributed by atoms with Crippen LogP contribution in [0.4, 0.5) is 5.69 Å². The first kappa shape index (κ1) is 30.2. The minimum absolute atomic E-state index is 0.0458. The van der Waals surface area contributed by atoms with Gasteiger partial charge in [0.25, 0.3) is 10.0 Å². The van der Waals surface area contributed by atoms with E-state index in [1.54, 1.807) is 36.4 Å². The van der Waals surface area contributed by atoms with Gasteiger partial charge in [0.15, 0.2) is 0 Å². The van der Waals surface area contributed by atoms with Gasteiger partial charge >= 0.3 is 0 Å². The molecule has 0 spiro atoms. The summed E-state index contributed by atoms with van der Waals surface area (Å²) in [4.78, 5) is 28.8. The van der Waals surface area contributed by atoms with Gasteiger partial charge in [0, 0.05) is 17.6 Å². The SMILES string of the molecule is CC[C@@H](C)NC(=O)[C@@H](CC)N(Cc1ccc(C)cc1)C(=O)CN(c1cccc(Cl)c1)S(=O)(=O)c1ccccc1. The fourth-order valence-corrected chi connectivity index (χ4v) is 5.74. The number of halogens is 1. The zero-order valence-electron chi connectivity index (χ0n) is 22.8. The highest BCUT2D eigenvalue weighted by molar-refractivity contribution is 7.92. The number of anilines is 1. The van der Waals surface area contributed by atoms with Gasteiger partial charge in [-0.25, -0.2) is 8.42 Å². The predicted octanol–water partition coefficient (Wildman–Crippen LogP) is 5.57. The molecular weight excluding hydrogens is 534 g/mol. The second-order valence-corrected chi connectivity index (χ2v) is 11.9. The predicted molar refractivity (Wildman–Crippen MR) is 156 cm³/mol. The first-order valence-electron chi connectivity index (χ1n) is 13.1. The normalized spacial score (nSPS) is 12.8. The molecule has 3 aromatic carbocycles. The second kappa shape index (κ2) is 13.6. The van der Waals surface area contributed by atoms with Crippen molar-refractivity contribution < 1.29 is 18.0 Å². The third-order valence-corrected chi connectivity index (χ3v) is 8.59. The van der Waals surface area contributed by atoms with E-state index in [0.717, 1.165) is 21.9 Å². The topological polar surface area (TPSA) is 86.8 Å². The van der Waals surface area contributed by atoms with E-state index in [1.807, 2.05) is 52.0 Å². The number of hydrogen-bond donors (Lipinski definition) is 1. The summed E-state index contributed by atoms with van der Waals surface area (Å²) in [6.07, 6.45) is 1.11. The highest BCUT2D eigenvalue weighted by Gasteiger charge is 2.34. The molecule has 0 bridgehead atoms. The van der Waals surface area contributed by atoms with E-state index in [4.69, 9.17) is 11.6 Å². The first-order valence-corrected chi connectivity index (χ1v) is 14.9. The molecule has 0 fully saturated rings. The van der Waals surface area contributed by atoms with Crippen molar-refractivity contribution in [2.45, 2.75) is 64.1 Å². The number of nitrogens with zero attached hydrogens (tertiary/aromatic N) is 2. The van der Waals surface area contributed by atoms with E-state index in [-0.39, 0.29) is 29.1 Å². The molecule has 0 saturated heterocycles. The summed E-state index contributed by atoms with van der Waals surface area (Å²) in [6.45, 7) is 7.34. The zero-order chi connectivity index (χ0) is 28.6. The smallest absolute Gasteiger partial charge is 0.264 e. The van der Waals surface area contributed by atoms with Gasteiger partial charge < -0.3 is 10.2 Å². The van der Waals surface area contributed by atoms with E-state index in [0.29, 0.717) is 11.4 Å². The third kappa shape index (κ3) is 7.83. The molecule has 0 aromatic heterocycles. The van der Waals surface area contributed by atoms with Gasteiger partial charge in [-0.1, -0.05) is 79.5 Å². The van der Waals surface area contributed by atoms with Crippen molar-refractivity contribution in [1.82, 2.24) is 10.2 Å². The third-order valence-electron chi connectivity index (χ3n) is 6.57.